The molecule has 33 heavy (non-hydrogen) atoms. The summed E-state index contributed by atoms with van der Waals surface area (Å²) in [6.07, 6.45) is 8.00. The smallest absolute Gasteiger partial charge is 0.217 e. The number of aromatic nitrogens is 1. The van der Waals surface area contributed by atoms with Crippen LogP contribution in [0.5, 0.6) is 17.4 Å². The summed E-state index contributed by atoms with van der Waals surface area (Å²) in [5.41, 5.74) is 8.96. The molecule has 5 heteroatoms. The van der Waals surface area contributed by atoms with Crippen molar-refractivity contribution >= 4 is 11.8 Å². The number of aryl methyl sites for hydroxylation is 2. The summed E-state index contributed by atoms with van der Waals surface area (Å²) in [5, 5.41) is 0. The highest BCUT2D eigenvalue weighted by molar-refractivity contribution is 7.98. The molecule has 1 aliphatic carbocycles. The van der Waals surface area contributed by atoms with Crippen molar-refractivity contribution in [3.8, 4) is 28.5 Å². The Balaban J connectivity index is 1.39. The summed E-state index contributed by atoms with van der Waals surface area (Å²) in [5.74, 6) is 3.65. The SMILES string of the molecule is CSCCCOc1cc(C)c(-c2cccc3c2CCC3Oc2cc3c(cn2)CCO3)c(C)c1. The third kappa shape index (κ3) is 4.56. The van der Waals surface area contributed by atoms with Crippen molar-refractivity contribution in [3.63, 3.8) is 0 Å². The minimum absolute atomic E-state index is 0.0200. The number of pyridine rings is 1. The van der Waals surface area contributed by atoms with Crippen molar-refractivity contribution < 1.29 is 14.2 Å². The Morgan fingerprint density at radius 1 is 1.12 bits per heavy atom. The summed E-state index contributed by atoms with van der Waals surface area (Å²) in [7, 11) is 0. The van der Waals surface area contributed by atoms with Gasteiger partial charge < -0.3 is 14.2 Å². The molecule has 0 bridgehead atoms. The second-order valence-corrected chi connectivity index (χ2v) is 9.86. The second-order valence-electron chi connectivity index (χ2n) is 8.87. The third-order valence-electron chi connectivity index (χ3n) is 6.56. The van der Waals surface area contributed by atoms with Crippen LogP contribution in [0.2, 0.25) is 0 Å². The van der Waals surface area contributed by atoms with Gasteiger partial charge >= 0.3 is 0 Å². The van der Waals surface area contributed by atoms with Gasteiger partial charge in [-0.3, -0.25) is 0 Å². The second kappa shape index (κ2) is 9.68. The van der Waals surface area contributed by atoms with Crippen molar-refractivity contribution in [2.45, 2.75) is 45.6 Å². The highest BCUT2D eigenvalue weighted by Gasteiger charge is 2.28. The first kappa shape index (κ1) is 22.1. The molecule has 0 spiro atoms. The van der Waals surface area contributed by atoms with Crippen molar-refractivity contribution in [3.05, 3.63) is 70.4 Å². The van der Waals surface area contributed by atoms with Crippen molar-refractivity contribution in [2.24, 2.45) is 0 Å². The fourth-order valence-electron chi connectivity index (χ4n) is 5.05. The van der Waals surface area contributed by atoms with Crippen LogP contribution in [-0.4, -0.2) is 30.2 Å². The van der Waals surface area contributed by atoms with Gasteiger partial charge in [0.15, 0.2) is 0 Å². The molecule has 4 nitrogen and oxygen atoms in total. The summed E-state index contributed by atoms with van der Waals surface area (Å²) >= 11 is 1.86. The molecule has 1 unspecified atom stereocenters. The maximum absolute atomic E-state index is 6.35. The van der Waals surface area contributed by atoms with E-state index in [4.69, 9.17) is 14.2 Å². The predicted octanol–water partition coefficient (Wildman–Crippen LogP) is 6.50. The van der Waals surface area contributed by atoms with Crippen LogP contribution in [-0.2, 0) is 12.8 Å². The Hall–Kier alpha value is -2.66. The predicted molar refractivity (Wildman–Crippen MR) is 135 cm³/mol. The zero-order valence-electron chi connectivity index (χ0n) is 19.6. The Bertz CT molecular complexity index is 1140. The average Bonchev–Trinajstić information content (AvgIpc) is 3.44. The number of thioether (sulfide) groups is 1. The molecule has 1 aromatic heterocycles. The quantitative estimate of drug-likeness (QED) is 0.358. The van der Waals surface area contributed by atoms with Crippen molar-refractivity contribution in [1.82, 2.24) is 4.98 Å². The van der Waals surface area contributed by atoms with Gasteiger partial charge in [0, 0.05) is 24.2 Å². The molecule has 2 aromatic carbocycles. The highest BCUT2D eigenvalue weighted by Crippen LogP contribution is 2.42. The van der Waals surface area contributed by atoms with Gasteiger partial charge in [-0.05, 0) is 90.6 Å². The molecule has 2 aliphatic rings. The van der Waals surface area contributed by atoms with E-state index in [1.165, 1.54) is 38.9 Å². The third-order valence-corrected chi connectivity index (χ3v) is 7.26. The molecular weight excluding hydrogens is 430 g/mol. The van der Waals surface area contributed by atoms with Gasteiger partial charge in [-0.25, -0.2) is 4.98 Å². The van der Waals surface area contributed by atoms with E-state index in [2.05, 4.69) is 55.4 Å². The van der Waals surface area contributed by atoms with E-state index in [1.54, 1.807) is 0 Å². The molecular formula is C28H31NO3S. The van der Waals surface area contributed by atoms with Crippen LogP contribution in [0.1, 0.15) is 46.8 Å². The topological polar surface area (TPSA) is 40.6 Å². The highest BCUT2D eigenvalue weighted by atomic mass is 32.2. The van der Waals surface area contributed by atoms with Crippen LogP contribution >= 0.6 is 11.8 Å². The summed E-state index contributed by atoms with van der Waals surface area (Å²) in [6.45, 7) is 5.87. The van der Waals surface area contributed by atoms with E-state index in [0.29, 0.717) is 5.88 Å². The Kier molecular flexibility index (Phi) is 6.50. The largest absolute Gasteiger partial charge is 0.494 e. The minimum atomic E-state index is 0.0200. The lowest BCUT2D eigenvalue weighted by molar-refractivity contribution is 0.198. The minimum Gasteiger partial charge on any atom is -0.494 e. The monoisotopic (exact) mass is 461 g/mol. The fraction of sp³-hybridized carbons (Fsp3) is 0.393. The number of benzene rings is 2. The Morgan fingerprint density at radius 2 is 1.97 bits per heavy atom. The first-order valence-corrected chi connectivity index (χ1v) is 13.2. The first-order valence-electron chi connectivity index (χ1n) is 11.8. The van der Waals surface area contributed by atoms with Gasteiger partial charge in [0.2, 0.25) is 5.88 Å². The molecule has 5 rings (SSSR count). The number of ether oxygens (including phenoxy) is 3. The number of rotatable bonds is 8. The van der Waals surface area contributed by atoms with Gasteiger partial charge in [-0.2, -0.15) is 11.8 Å². The fourth-order valence-corrected chi connectivity index (χ4v) is 5.46. The molecule has 3 aromatic rings. The maximum Gasteiger partial charge on any atom is 0.217 e. The Morgan fingerprint density at radius 3 is 2.79 bits per heavy atom. The number of hydrogen-bond acceptors (Lipinski definition) is 5. The number of fused-ring (bicyclic) bond motifs is 2. The van der Waals surface area contributed by atoms with E-state index in [9.17, 15) is 0 Å². The summed E-state index contributed by atoms with van der Waals surface area (Å²) in [4.78, 5) is 4.52. The van der Waals surface area contributed by atoms with Gasteiger partial charge in [0.25, 0.3) is 0 Å². The van der Waals surface area contributed by atoms with E-state index in [-0.39, 0.29) is 6.10 Å². The first-order chi connectivity index (χ1) is 16.1. The normalized spacial score (nSPS) is 16.3. The molecule has 0 radical (unpaired) electrons. The summed E-state index contributed by atoms with van der Waals surface area (Å²) in [6, 6.07) is 12.9. The molecule has 2 heterocycles. The van der Waals surface area contributed by atoms with E-state index >= 15 is 0 Å². The van der Waals surface area contributed by atoms with Crippen LogP contribution in [0.4, 0.5) is 0 Å². The van der Waals surface area contributed by atoms with Crippen molar-refractivity contribution in [2.75, 3.05) is 25.2 Å². The lowest BCUT2D eigenvalue weighted by Gasteiger charge is -2.18. The zero-order valence-corrected chi connectivity index (χ0v) is 20.5. The lowest BCUT2D eigenvalue weighted by atomic mass is 9.90. The number of hydrogen-bond donors (Lipinski definition) is 0. The number of nitrogens with zero attached hydrogens (tertiary/aromatic N) is 1. The lowest BCUT2D eigenvalue weighted by Crippen LogP contribution is -2.05. The zero-order chi connectivity index (χ0) is 22.8. The van der Waals surface area contributed by atoms with Crippen LogP contribution in [0.15, 0.2) is 42.6 Å². The maximum atomic E-state index is 6.35. The van der Waals surface area contributed by atoms with Crippen LogP contribution in [0.3, 0.4) is 0 Å². The van der Waals surface area contributed by atoms with Crippen LogP contribution < -0.4 is 14.2 Å². The molecule has 0 saturated carbocycles. The van der Waals surface area contributed by atoms with E-state index < -0.39 is 0 Å². The molecule has 172 valence electrons. The van der Waals surface area contributed by atoms with Gasteiger partial charge in [0.1, 0.15) is 17.6 Å². The van der Waals surface area contributed by atoms with Crippen LogP contribution in [0.25, 0.3) is 11.1 Å². The average molecular weight is 462 g/mol. The molecule has 1 aliphatic heterocycles. The molecule has 1 atom stereocenters. The van der Waals surface area contributed by atoms with Crippen molar-refractivity contribution in [1.29, 1.82) is 0 Å². The van der Waals surface area contributed by atoms with E-state index in [0.717, 1.165) is 56.1 Å². The molecule has 0 fully saturated rings. The van der Waals surface area contributed by atoms with Crippen LogP contribution in [0, 0.1) is 13.8 Å². The summed E-state index contributed by atoms with van der Waals surface area (Å²) < 4.78 is 18.1. The molecule has 0 saturated heterocycles. The molecule has 0 N–H and O–H groups in total. The van der Waals surface area contributed by atoms with Gasteiger partial charge in [0.05, 0.1) is 13.2 Å². The molecule has 0 amide bonds. The van der Waals surface area contributed by atoms with E-state index in [1.807, 2.05) is 24.0 Å². The Labute approximate surface area is 200 Å². The standard InChI is InChI=1S/C28H31NO3S/c1-18-14-21(30-11-5-13-33-3)15-19(2)28(18)24-7-4-6-23-22(24)8-9-25(23)32-27-16-26-20(17-29-27)10-12-31-26/h4,6-7,14-17,25H,5,8-13H2,1-3H3. The van der Waals surface area contributed by atoms with Gasteiger partial charge in [-0.1, -0.05) is 18.2 Å². The van der Waals surface area contributed by atoms with Gasteiger partial charge in [-0.15, -0.1) is 0 Å².